The summed E-state index contributed by atoms with van der Waals surface area (Å²) in [5, 5.41) is 3.03. The molecule has 1 N–H and O–H groups in total. The average molecular weight is 342 g/mol. The van der Waals surface area contributed by atoms with Gasteiger partial charge in [0.1, 0.15) is 5.69 Å². The van der Waals surface area contributed by atoms with Gasteiger partial charge in [-0.05, 0) is 45.7 Å². The SMILES string of the molecule is CCOC(=O)c1c(C)c(C(=O)N[C@@H](C)c2ccccc2)c(C)n1CC. The third kappa shape index (κ3) is 3.76. The first-order valence-corrected chi connectivity index (χ1v) is 8.64. The van der Waals surface area contributed by atoms with Gasteiger partial charge in [-0.2, -0.15) is 0 Å². The molecular formula is C20H26N2O3. The Balaban J connectivity index is 2.35. The summed E-state index contributed by atoms with van der Waals surface area (Å²) < 4.78 is 7.00. The van der Waals surface area contributed by atoms with Crippen LogP contribution in [-0.2, 0) is 11.3 Å². The smallest absolute Gasteiger partial charge is 0.355 e. The molecule has 0 saturated carbocycles. The number of esters is 1. The largest absolute Gasteiger partial charge is 0.461 e. The lowest BCUT2D eigenvalue weighted by atomic mass is 10.1. The fraction of sp³-hybridized carbons (Fsp3) is 0.400. The van der Waals surface area contributed by atoms with Gasteiger partial charge in [0.2, 0.25) is 0 Å². The Morgan fingerprint density at radius 2 is 1.80 bits per heavy atom. The monoisotopic (exact) mass is 342 g/mol. The van der Waals surface area contributed by atoms with Gasteiger partial charge in [0.15, 0.2) is 0 Å². The van der Waals surface area contributed by atoms with Crippen LogP contribution in [0.2, 0.25) is 0 Å². The number of benzene rings is 1. The number of carbonyl (C=O) groups is 2. The van der Waals surface area contributed by atoms with Crippen molar-refractivity contribution in [3.8, 4) is 0 Å². The topological polar surface area (TPSA) is 60.3 Å². The van der Waals surface area contributed by atoms with Crippen molar-refractivity contribution in [2.45, 2.75) is 47.2 Å². The highest BCUT2D eigenvalue weighted by atomic mass is 16.5. The van der Waals surface area contributed by atoms with E-state index in [1.54, 1.807) is 13.8 Å². The van der Waals surface area contributed by atoms with Crippen LogP contribution < -0.4 is 5.32 Å². The van der Waals surface area contributed by atoms with E-state index in [1.165, 1.54) is 0 Å². The normalized spacial score (nSPS) is 11.9. The van der Waals surface area contributed by atoms with Crippen molar-refractivity contribution in [2.24, 2.45) is 0 Å². The maximum Gasteiger partial charge on any atom is 0.355 e. The number of aromatic nitrogens is 1. The van der Waals surface area contributed by atoms with E-state index in [0.29, 0.717) is 30.0 Å². The van der Waals surface area contributed by atoms with Gasteiger partial charge in [-0.25, -0.2) is 4.79 Å². The first-order valence-electron chi connectivity index (χ1n) is 8.64. The van der Waals surface area contributed by atoms with Crippen LogP contribution in [0.4, 0.5) is 0 Å². The highest BCUT2D eigenvalue weighted by Gasteiger charge is 2.27. The second-order valence-corrected chi connectivity index (χ2v) is 6.00. The predicted molar refractivity (Wildman–Crippen MR) is 97.9 cm³/mol. The third-order valence-corrected chi connectivity index (χ3v) is 4.43. The molecule has 25 heavy (non-hydrogen) atoms. The number of amides is 1. The summed E-state index contributed by atoms with van der Waals surface area (Å²) in [6, 6.07) is 9.67. The zero-order valence-electron chi connectivity index (χ0n) is 15.6. The van der Waals surface area contributed by atoms with Crippen molar-refractivity contribution in [3.05, 3.63) is 58.4 Å². The summed E-state index contributed by atoms with van der Waals surface area (Å²) >= 11 is 0. The number of hydrogen-bond donors (Lipinski definition) is 1. The molecule has 0 aliphatic rings. The minimum atomic E-state index is -0.389. The molecule has 1 aromatic carbocycles. The summed E-state index contributed by atoms with van der Waals surface area (Å²) in [6.45, 7) is 10.2. The van der Waals surface area contributed by atoms with Gasteiger partial charge in [-0.15, -0.1) is 0 Å². The summed E-state index contributed by atoms with van der Waals surface area (Å²) in [6.07, 6.45) is 0. The first-order chi connectivity index (χ1) is 11.9. The van der Waals surface area contributed by atoms with E-state index in [0.717, 1.165) is 11.3 Å². The molecule has 1 aromatic heterocycles. The van der Waals surface area contributed by atoms with E-state index >= 15 is 0 Å². The van der Waals surface area contributed by atoms with Crippen LogP contribution >= 0.6 is 0 Å². The Labute approximate surface area is 149 Å². The minimum absolute atomic E-state index is 0.122. The quantitative estimate of drug-likeness (QED) is 0.813. The van der Waals surface area contributed by atoms with Crippen LogP contribution in [0, 0.1) is 13.8 Å². The lowest BCUT2D eigenvalue weighted by molar-refractivity contribution is 0.0512. The van der Waals surface area contributed by atoms with Crippen molar-refractivity contribution < 1.29 is 14.3 Å². The van der Waals surface area contributed by atoms with Gasteiger partial charge in [0.05, 0.1) is 18.2 Å². The van der Waals surface area contributed by atoms with E-state index < -0.39 is 0 Å². The van der Waals surface area contributed by atoms with E-state index in [9.17, 15) is 9.59 Å². The fourth-order valence-corrected chi connectivity index (χ4v) is 3.18. The summed E-state index contributed by atoms with van der Waals surface area (Å²) in [5.41, 5.74) is 3.48. The Hall–Kier alpha value is -2.56. The zero-order valence-corrected chi connectivity index (χ0v) is 15.6. The van der Waals surface area contributed by atoms with E-state index in [1.807, 2.05) is 55.7 Å². The van der Waals surface area contributed by atoms with Crippen LogP contribution in [0.1, 0.15) is 64.5 Å². The molecule has 0 radical (unpaired) electrons. The molecule has 5 nitrogen and oxygen atoms in total. The summed E-state index contributed by atoms with van der Waals surface area (Å²) in [7, 11) is 0. The molecule has 2 aromatic rings. The average Bonchev–Trinajstić information content (AvgIpc) is 2.85. The molecule has 5 heteroatoms. The van der Waals surface area contributed by atoms with Crippen molar-refractivity contribution in [2.75, 3.05) is 6.61 Å². The molecule has 0 spiro atoms. The lowest BCUT2D eigenvalue weighted by Gasteiger charge is -2.15. The second kappa shape index (κ2) is 8.01. The van der Waals surface area contributed by atoms with Crippen LogP contribution in [0.5, 0.6) is 0 Å². The predicted octanol–water partition coefficient (Wildman–Crippen LogP) is 3.79. The number of nitrogens with one attached hydrogen (secondary N) is 1. The van der Waals surface area contributed by atoms with Gasteiger partial charge in [-0.1, -0.05) is 30.3 Å². The Kier molecular flexibility index (Phi) is 6.02. The highest BCUT2D eigenvalue weighted by Crippen LogP contribution is 2.24. The number of hydrogen-bond acceptors (Lipinski definition) is 3. The molecule has 2 rings (SSSR count). The molecule has 0 saturated heterocycles. The van der Waals surface area contributed by atoms with Crippen LogP contribution in [0.25, 0.3) is 0 Å². The molecule has 1 atom stereocenters. The van der Waals surface area contributed by atoms with Crippen molar-refractivity contribution in [1.29, 1.82) is 0 Å². The van der Waals surface area contributed by atoms with Crippen LogP contribution in [0.15, 0.2) is 30.3 Å². The fourth-order valence-electron chi connectivity index (χ4n) is 3.18. The summed E-state index contributed by atoms with van der Waals surface area (Å²) in [4.78, 5) is 25.2. The molecule has 1 amide bonds. The van der Waals surface area contributed by atoms with E-state index in [4.69, 9.17) is 4.74 Å². The zero-order chi connectivity index (χ0) is 18.6. The molecule has 0 bridgehead atoms. The molecule has 134 valence electrons. The van der Waals surface area contributed by atoms with Crippen molar-refractivity contribution in [1.82, 2.24) is 9.88 Å². The lowest BCUT2D eigenvalue weighted by Crippen LogP contribution is -2.27. The molecule has 0 aliphatic heterocycles. The maximum absolute atomic E-state index is 12.9. The van der Waals surface area contributed by atoms with Crippen LogP contribution in [-0.4, -0.2) is 23.1 Å². The number of nitrogens with zero attached hydrogens (tertiary/aromatic N) is 1. The van der Waals surface area contributed by atoms with E-state index in [-0.39, 0.29) is 17.9 Å². The molecule has 0 fully saturated rings. The number of ether oxygens (including phenoxy) is 1. The van der Waals surface area contributed by atoms with Gasteiger partial charge in [0, 0.05) is 12.2 Å². The van der Waals surface area contributed by atoms with E-state index in [2.05, 4.69) is 5.32 Å². The number of rotatable bonds is 6. The number of carbonyl (C=O) groups excluding carboxylic acids is 2. The minimum Gasteiger partial charge on any atom is -0.461 e. The van der Waals surface area contributed by atoms with Gasteiger partial charge in [-0.3, -0.25) is 4.79 Å². The Morgan fingerprint density at radius 1 is 1.16 bits per heavy atom. The molecule has 0 aliphatic carbocycles. The first kappa shape index (κ1) is 18.8. The standard InChI is InChI=1S/C20H26N2O3/c1-6-22-15(5)17(13(3)18(22)20(24)25-7-2)19(23)21-14(4)16-11-9-8-10-12-16/h8-12,14H,6-7H2,1-5H3,(H,21,23)/t14-/m0/s1. The Bertz CT molecular complexity index is 763. The van der Waals surface area contributed by atoms with Gasteiger partial charge < -0.3 is 14.6 Å². The third-order valence-electron chi connectivity index (χ3n) is 4.43. The van der Waals surface area contributed by atoms with Crippen molar-refractivity contribution in [3.63, 3.8) is 0 Å². The molecule has 1 heterocycles. The Morgan fingerprint density at radius 3 is 2.36 bits per heavy atom. The van der Waals surface area contributed by atoms with Gasteiger partial charge in [0.25, 0.3) is 5.91 Å². The molecular weight excluding hydrogens is 316 g/mol. The second-order valence-electron chi connectivity index (χ2n) is 6.00. The van der Waals surface area contributed by atoms with Crippen LogP contribution in [0.3, 0.4) is 0 Å². The molecule has 0 unspecified atom stereocenters. The van der Waals surface area contributed by atoms with Gasteiger partial charge >= 0.3 is 5.97 Å². The highest BCUT2D eigenvalue weighted by molar-refractivity contribution is 6.01. The van der Waals surface area contributed by atoms with Crippen molar-refractivity contribution >= 4 is 11.9 Å². The maximum atomic E-state index is 12.9. The summed E-state index contributed by atoms with van der Waals surface area (Å²) in [5.74, 6) is -0.566.